The Hall–Kier alpha value is -1.30. The summed E-state index contributed by atoms with van der Waals surface area (Å²) < 4.78 is 1.97. The third-order valence-electron chi connectivity index (χ3n) is 4.00. The molecule has 0 aromatic carbocycles. The molecule has 1 saturated carbocycles. The fraction of sp³-hybridized carbons (Fsp3) is 0.667. The standard InChI is InChI=1S/C15H24N4OS/c1-4-9-19-12(3)17-18-15(19)21-10-14(20)16-13-8-6-5-7-11(13)2/h4,11,13H,1,5-10H2,2-3H3,(H,16,20)/t11-,13-/m0/s1. The van der Waals surface area contributed by atoms with Crippen molar-refractivity contribution in [1.29, 1.82) is 0 Å². The zero-order valence-electron chi connectivity index (χ0n) is 12.8. The van der Waals surface area contributed by atoms with E-state index in [9.17, 15) is 4.79 Å². The van der Waals surface area contributed by atoms with Gasteiger partial charge in [0, 0.05) is 12.6 Å². The van der Waals surface area contributed by atoms with Gasteiger partial charge in [-0.25, -0.2) is 0 Å². The minimum absolute atomic E-state index is 0.0876. The molecule has 1 aromatic heterocycles. The van der Waals surface area contributed by atoms with Crippen LogP contribution in [0.25, 0.3) is 0 Å². The molecule has 1 aliphatic rings. The number of hydrogen-bond acceptors (Lipinski definition) is 4. The first-order chi connectivity index (χ1) is 10.1. The molecule has 0 bridgehead atoms. The van der Waals surface area contributed by atoms with Crippen LogP contribution in [0.5, 0.6) is 0 Å². The summed E-state index contributed by atoms with van der Waals surface area (Å²) in [6.45, 7) is 8.53. The topological polar surface area (TPSA) is 59.8 Å². The van der Waals surface area contributed by atoms with Crippen LogP contribution >= 0.6 is 11.8 Å². The fourth-order valence-corrected chi connectivity index (χ4v) is 3.52. The molecule has 2 atom stereocenters. The van der Waals surface area contributed by atoms with Crippen molar-refractivity contribution in [3.8, 4) is 0 Å². The predicted octanol–water partition coefficient (Wildman–Crippen LogP) is 2.56. The van der Waals surface area contributed by atoms with Gasteiger partial charge < -0.3 is 9.88 Å². The SMILES string of the molecule is C=CCn1c(C)nnc1SCC(=O)N[C@H]1CCCC[C@@H]1C. The van der Waals surface area contributed by atoms with Crippen LogP contribution in [-0.4, -0.2) is 32.5 Å². The van der Waals surface area contributed by atoms with Gasteiger partial charge in [-0.1, -0.05) is 37.6 Å². The van der Waals surface area contributed by atoms with Crippen molar-refractivity contribution in [1.82, 2.24) is 20.1 Å². The number of nitrogens with zero attached hydrogens (tertiary/aromatic N) is 3. The van der Waals surface area contributed by atoms with Crippen LogP contribution in [0.2, 0.25) is 0 Å². The summed E-state index contributed by atoms with van der Waals surface area (Å²) in [6.07, 6.45) is 6.62. The predicted molar refractivity (Wildman–Crippen MR) is 85.2 cm³/mol. The molecule has 2 rings (SSSR count). The van der Waals surface area contributed by atoms with E-state index in [1.165, 1.54) is 31.0 Å². The van der Waals surface area contributed by atoms with Gasteiger partial charge in [-0.2, -0.15) is 0 Å². The van der Waals surface area contributed by atoms with Gasteiger partial charge in [0.2, 0.25) is 5.91 Å². The highest BCUT2D eigenvalue weighted by molar-refractivity contribution is 7.99. The van der Waals surface area contributed by atoms with Crippen LogP contribution in [0.1, 0.15) is 38.4 Å². The number of hydrogen-bond donors (Lipinski definition) is 1. The molecule has 116 valence electrons. The smallest absolute Gasteiger partial charge is 0.230 e. The highest BCUT2D eigenvalue weighted by atomic mass is 32.2. The highest BCUT2D eigenvalue weighted by Gasteiger charge is 2.23. The molecule has 1 amide bonds. The van der Waals surface area contributed by atoms with Crippen LogP contribution < -0.4 is 5.32 Å². The van der Waals surface area contributed by atoms with E-state index in [0.717, 1.165) is 17.4 Å². The lowest BCUT2D eigenvalue weighted by Crippen LogP contribution is -2.41. The first-order valence-electron chi connectivity index (χ1n) is 7.54. The van der Waals surface area contributed by atoms with Crippen LogP contribution in [0.15, 0.2) is 17.8 Å². The molecule has 1 fully saturated rings. The molecule has 1 N–H and O–H groups in total. The first-order valence-corrected chi connectivity index (χ1v) is 8.53. The molecule has 0 saturated heterocycles. The van der Waals surface area contributed by atoms with Crippen molar-refractivity contribution in [2.75, 3.05) is 5.75 Å². The van der Waals surface area contributed by atoms with Crippen molar-refractivity contribution < 1.29 is 4.79 Å². The molecule has 1 aromatic rings. The number of thioether (sulfide) groups is 1. The first kappa shape index (κ1) is 16.1. The number of nitrogens with one attached hydrogen (secondary N) is 1. The molecule has 0 radical (unpaired) electrons. The molecule has 0 spiro atoms. The van der Waals surface area contributed by atoms with E-state index >= 15 is 0 Å². The van der Waals surface area contributed by atoms with Gasteiger partial charge in [-0.15, -0.1) is 16.8 Å². The van der Waals surface area contributed by atoms with E-state index in [4.69, 9.17) is 0 Å². The third-order valence-corrected chi connectivity index (χ3v) is 4.97. The van der Waals surface area contributed by atoms with Crippen molar-refractivity contribution in [3.63, 3.8) is 0 Å². The second-order valence-corrected chi connectivity index (χ2v) is 6.60. The quantitative estimate of drug-likeness (QED) is 0.648. The number of carbonyl (C=O) groups excluding carboxylic acids is 1. The van der Waals surface area contributed by atoms with E-state index in [2.05, 4.69) is 29.0 Å². The second kappa shape index (κ2) is 7.64. The maximum Gasteiger partial charge on any atom is 0.230 e. The number of rotatable bonds is 6. The summed E-state index contributed by atoms with van der Waals surface area (Å²) in [6, 6.07) is 0.333. The van der Waals surface area contributed by atoms with Crippen LogP contribution in [0, 0.1) is 12.8 Å². The van der Waals surface area contributed by atoms with Crippen molar-refractivity contribution in [3.05, 3.63) is 18.5 Å². The van der Waals surface area contributed by atoms with Gasteiger partial charge in [0.05, 0.1) is 5.75 Å². The van der Waals surface area contributed by atoms with Gasteiger partial charge in [0.25, 0.3) is 0 Å². The Bertz CT molecular complexity index is 500. The average Bonchev–Trinajstić information content (AvgIpc) is 2.81. The number of allylic oxidation sites excluding steroid dienone is 1. The number of aromatic nitrogens is 3. The molecule has 1 aliphatic carbocycles. The summed E-state index contributed by atoms with van der Waals surface area (Å²) >= 11 is 1.44. The number of amides is 1. The molecular weight excluding hydrogens is 284 g/mol. The van der Waals surface area contributed by atoms with Gasteiger partial charge in [0.15, 0.2) is 5.16 Å². The zero-order chi connectivity index (χ0) is 15.2. The second-order valence-electron chi connectivity index (χ2n) is 5.65. The summed E-state index contributed by atoms with van der Waals surface area (Å²) in [5.41, 5.74) is 0. The highest BCUT2D eigenvalue weighted by Crippen LogP contribution is 2.24. The summed E-state index contributed by atoms with van der Waals surface area (Å²) in [4.78, 5) is 12.1. The van der Waals surface area contributed by atoms with Crippen LogP contribution in [0.3, 0.4) is 0 Å². The Morgan fingerprint density at radius 2 is 2.24 bits per heavy atom. The minimum Gasteiger partial charge on any atom is -0.352 e. The summed E-state index contributed by atoms with van der Waals surface area (Å²) in [7, 11) is 0. The molecule has 0 aliphatic heterocycles. The monoisotopic (exact) mass is 308 g/mol. The molecule has 1 heterocycles. The van der Waals surface area contributed by atoms with Gasteiger partial charge >= 0.3 is 0 Å². The van der Waals surface area contributed by atoms with Gasteiger partial charge in [-0.05, 0) is 25.7 Å². The summed E-state index contributed by atoms with van der Waals surface area (Å²) in [5.74, 6) is 1.90. The molecule has 6 heteroatoms. The number of aryl methyl sites for hydroxylation is 1. The largest absolute Gasteiger partial charge is 0.352 e. The fourth-order valence-electron chi connectivity index (χ4n) is 2.72. The average molecular weight is 308 g/mol. The maximum absolute atomic E-state index is 12.1. The van der Waals surface area contributed by atoms with Crippen LogP contribution in [-0.2, 0) is 11.3 Å². The zero-order valence-corrected chi connectivity index (χ0v) is 13.7. The van der Waals surface area contributed by atoms with Crippen molar-refractivity contribution in [2.45, 2.75) is 57.3 Å². The lowest BCUT2D eigenvalue weighted by atomic mass is 9.86. The molecular formula is C15H24N4OS. The van der Waals surface area contributed by atoms with Crippen LogP contribution in [0.4, 0.5) is 0 Å². The maximum atomic E-state index is 12.1. The Balaban J connectivity index is 1.85. The normalized spacial score (nSPS) is 22.0. The third kappa shape index (κ3) is 4.33. The lowest BCUT2D eigenvalue weighted by Gasteiger charge is -2.29. The molecule has 5 nitrogen and oxygen atoms in total. The Kier molecular flexibility index (Phi) is 5.85. The Morgan fingerprint density at radius 1 is 1.48 bits per heavy atom. The van der Waals surface area contributed by atoms with E-state index in [-0.39, 0.29) is 5.91 Å². The Labute approximate surface area is 130 Å². The van der Waals surface area contributed by atoms with Gasteiger partial charge in [0.1, 0.15) is 5.82 Å². The van der Waals surface area contributed by atoms with E-state index < -0.39 is 0 Å². The van der Waals surface area contributed by atoms with E-state index in [1.54, 1.807) is 0 Å². The lowest BCUT2D eigenvalue weighted by molar-refractivity contribution is -0.119. The molecule has 21 heavy (non-hydrogen) atoms. The van der Waals surface area contributed by atoms with E-state index in [0.29, 0.717) is 24.3 Å². The van der Waals surface area contributed by atoms with Crippen molar-refractivity contribution in [2.24, 2.45) is 5.92 Å². The Morgan fingerprint density at radius 3 is 2.95 bits per heavy atom. The van der Waals surface area contributed by atoms with E-state index in [1.807, 2.05) is 17.6 Å². The minimum atomic E-state index is 0.0876. The van der Waals surface area contributed by atoms with Gasteiger partial charge in [-0.3, -0.25) is 4.79 Å². The number of carbonyl (C=O) groups is 1. The summed E-state index contributed by atoms with van der Waals surface area (Å²) in [5, 5.41) is 12.1. The van der Waals surface area contributed by atoms with Crippen molar-refractivity contribution >= 4 is 17.7 Å². The molecule has 0 unspecified atom stereocenters.